The number of hydrogen-bond acceptors (Lipinski definition) is 7. The number of nitrogens with zero attached hydrogens (tertiary/aromatic N) is 2. The van der Waals surface area contributed by atoms with Crippen LogP contribution in [0.3, 0.4) is 0 Å². The van der Waals surface area contributed by atoms with Crippen LogP contribution >= 0.6 is 0 Å². The number of amides is 2. The number of rotatable bonds is 7. The van der Waals surface area contributed by atoms with Crippen LogP contribution in [0.2, 0.25) is 0 Å². The van der Waals surface area contributed by atoms with Gasteiger partial charge in [-0.05, 0) is 24.3 Å². The molecule has 2 heterocycles. The van der Waals surface area contributed by atoms with Crippen molar-refractivity contribution in [1.29, 1.82) is 0 Å². The van der Waals surface area contributed by atoms with Crippen molar-refractivity contribution in [3.05, 3.63) is 42.1 Å². The van der Waals surface area contributed by atoms with Gasteiger partial charge in [-0.15, -0.1) is 0 Å². The summed E-state index contributed by atoms with van der Waals surface area (Å²) in [5, 5.41) is 2.75. The number of carbonyl (C=O) groups is 2. The Labute approximate surface area is 168 Å². The molecule has 0 bridgehead atoms. The van der Waals surface area contributed by atoms with Gasteiger partial charge in [0.15, 0.2) is 18.1 Å². The molecule has 0 atom stereocenters. The lowest BCUT2D eigenvalue weighted by molar-refractivity contribution is -0.137. The van der Waals surface area contributed by atoms with Crippen molar-refractivity contribution in [2.24, 2.45) is 0 Å². The number of benzene rings is 1. The van der Waals surface area contributed by atoms with Crippen molar-refractivity contribution in [3.63, 3.8) is 0 Å². The van der Waals surface area contributed by atoms with E-state index in [2.05, 4.69) is 10.3 Å². The van der Waals surface area contributed by atoms with Crippen LogP contribution in [0, 0.1) is 0 Å². The molecule has 1 fully saturated rings. The molecule has 3 rings (SSSR count). The third kappa shape index (κ3) is 5.35. The Hall–Kier alpha value is -3.33. The van der Waals surface area contributed by atoms with E-state index in [9.17, 15) is 9.59 Å². The second kappa shape index (κ2) is 9.74. The molecule has 1 aliphatic heterocycles. The minimum absolute atomic E-state index is 0.112. The number of ether oxygens (including phenoxy) is 4. The Morgan fingerprint density at radius 3 is 2.55 bits per heavy atom. The first-order valence-electron chi connectivity index (χ1n) is 9.08. The Morgan fingerprint density at radius 2 is 1.90 bits per heavy atom. The van der Waals surface area contributed by atoms with Crippen molar-refractivity contribution in [3.8, 4) is 17.4 Å². The normalized spacial score (nSPS) is 13.5. The molecule has 0 unspecified atom stereocenters. The van der Waals surface area contributed by atoms with E-state index < -0.39 is 0 Å². The van der Waals surface area contributed by atoms with Gasteiger partial charge in [0.2, 0.25) is 5.88 Å². The smallest absolute Gasteiger partial charge is 0.260 e. The molecule has 0 saturated carbocycles. The molecule has 1 N–H and O–H groups in total. The topological polar surface area (TPSA) is 99.2 Å². The molecule has 9 nitrogen and oxygen atoms in total. The van der Waals surface area contributed by atoms with Crippen LogP contribution in [0.15, 0.2) is 36.5 Å². The fourth-order valence-corrected chi connectivity index (χ4v) is 2.75. The zero-order valence-corrected chi connectivity index (χ0v) is 16.3. The van der Waals surface area contributed by atoms with Gasteiger partial charge in [0.1, 0.15) is 0 Å². The van der Waals surface area contributed by atoms with E-state index in [1.165, 1.54) is 20.4 Å². The molecule has 2 aromatic rings. The van der Waals surface area contributed by atoms with Gasteiger partial charge < -0.3 is 29.2 Å². The Balaban J connectivity index is 1.62. The first kappa shape index (κ1) is 20.4. The molecular formula is C20H23N3O6. The number of anilines is 1. The third-order valence-corrected chi connectivity index (χ3v) is 4.34. The summed E-state index contributed by atoms with van der Waals surface area (Å²) in [4.78, 5) is 30.4. The van der Waals surface area contributed by atoms with E-state index in [1.54, 1.807) is 35.2 Å². The first-order chi connectivity index (χ1) is 14.1. The van der Waals surface area contributed by atoms with Crippen LogP contribution < -0.4 is 19.5 Å². The maximum Gasteiger partial charge on any atom is 0.260 e. The van der Waals surface area contributed by atoms with Crippen molar-refractivity contribution in [2.75, 3.05) is 52.4 Å². The van der Waals surface area contributed by atoms with Gasteiger partial charge in [-0.3, -0.25) is 9.59 Å². The summed E-state index contributed by atoms with van der Waals surface area (Å²) in [5.74, 6) is 0.755. The lowest BCUT2D eigenvalue weighted by Gasteiger charge is -2.26. The fraction of sp³-hybridized carbons (Fsp3) is 0.350. The quantitative estimate of drug-likeness (QED) is 0.752. The molecule has 29 heavy (non-hydrogen) atoms. The largest absolute Gasteiger partial charge is 0.493 e. The number of hydrogen-bond donors (Lipinski definition) is 1. The lowest BCUT2D eigenvalue weighted by Crippen LogP contribution is -2.43. The molecule has 1 aliphatic rings. The molecule has 0 spiro atoms. The number of morpholine rings is 1. The molecule has 1 saturated heterocycles. The van der Waals surface area contributed by atoms with Gasteiger partial charge in [-0.1, -0.05) is 0 Å². The summed E-state index contributed by atoms with van der Waals surface area (Å²) in [7, 11) is 2.99. The van der Waals surface area contributed by atoms with E-state index >= 15 is 0 Å². The van der Waals surface area contributed by atoms with E-state index in [1.807, 2.05) is 0 Å². The number of nitrogens with one attached hydrogen (secondary N) is 1. The first-order valence-corrected chi connectivity index (χ1v) is 9.08. The standard InChI is InChI=1S/C20H23N3O6/c1-26-17-11-14(20(25)22-15-4-6-18(27-2)21-12-15)3-5-16(17)29-13-19(24)23-7-9-28-10-8-23/h3-6,11-12H,7-10,13H2,1-2H3,(H,22,25). The second-order valence-corrected chi connectivity index (χ2v) is 6.19. The van der Waals surface area contributed by atoms with E-state index in [0.717, 1.165) is 0 Å². The minimum atomic E-state index is -0.328. The Morgan fingerprint density at radius 1 is 1.10 bits per heavy atom. The monoisotopic (exact) mass is 401 g/mol. The number of carbonyl (C=O) groups excluding carboxylic acids is 2. The van der Waals surface area contributed by atoms with Gasteiger partial charge in [-0.2, -0.15) is 0 Å². The average molecular weight is 401 g/mol. The predicted octanol–water partition coefficient (Wildman–Crippen LogP) is 1.59. The minimum Gasteiger partial charge on any atom is -0.493 e. The number of aromatic nitrogens is 1. The number of pyridine rings is 1. The summed E-state index contributed by atoms with van der Waals surface area (Å²) in [6, 6.07) is 8.10. The maximum absolute atomic E-state index is 12.5. The molecule has 154 valence electrons. The lowest BCUT2D eigenvalue weighted by atomic mass is 10.2. The highest BCUT2D eigenvalue weighted by Gasteiger charge is 2.18. The maximum atomic E-state index is 12.5. The molecular weight excluding hydrogens is 378 g/mol. The average Bonchev–Trinajstić information content (AvgIpc) is 2.78. The zero-order chi connectivity index (χ0) is 20.6. The molecule has 1 aromatic heterocycles. The van der Waals surface area contributed by atoms with Gasteiger partial charge in [-0.25, -0.2) is 4.98 Å². The van der Waals surface area contributed by atoms with Crippen LogP contribution in [0.25, 0.3) is 0 Å². The zero-order valence-electron chi connectivity index (χ0n) is 16.3. The van der Waals surface area contributed by atoms with E-state index in [-0.39, 0.29) is 18.4 Å². The molecule has 2 amide bonds. The number of methoxy groups -OCH3 is 2. The van der Waals surface area contributed by atoms with Crippen molar-refractivity contribution in [1.82, 2.24) is 9.88 Å². The molecule has 1 aromatic carbocycles. The molecule has 0 aliphatic carbocycles. The Kier molecular flexibility index (Phi) is 6.85. The Bertz CT molecular complexity index is 850. The van der Waals surface area contributed by atoms with Gasteiger partial charge >= 0.3 is 0 Å². The highest BCUT2D eigenvalue weighted by molar-refractivity contribution is 6.04. The summed E-state index contributed by atoms with van der Waals surface area (Å²) in [6.45, 7) is 2.06. The van der Waals surface area contributed by atoms with Crippen LogP contribution in [0.5, 0.6) is 17.4 Å². The van der Waals surface area contributed by atoms with Gasteiger partial charge in [0, 0.05) is 24.7 Å². The molecule has 0 radical (unpaired) electrons. The summed E-state index contributed by atoms with van der Waals surface area (Å²) in [6.07, 6.45) is 1.50. The fourth-order valence-electron chi connectivity index (χ4n) is 2.75. The van der Waals surface area contributed by atoms with Crippen molar-refractivity contribution >= 4 is 17.5 Å². The van der Waals surface area contributed by atoms with E-state index in [0.29, 0.717) is 54.9 Å². The summed E-state index contributed by atoms with van der Waals surface area (Å²) >= 11 is 0. The van der Waals surface area contributed by atoms with Gasteiger partial charge in [0.25, 0.3) is 11.8 Å². The highest BCUT2D eigenvalue weighted by atomic mass is 16.5. The summed E-state index contributed by atoms with van der Waals surface area (Å²) < 4.78 is 21.2. The molecule has 9 heteroatoms. The third-order valence-electron chi connectivity index (χ3n) is 4.34. The van der Waals surface area contributed by atoms with Crippen LogP contribution in [-0.2, 0) is 9.53 Å². The van der Waals surface area contributed by atoms with Crippen LogP contribution in [-0.4, -0.2) is 68.8 Å². The highest BCUT2D eigenvalue weighted by Crippen LogP contribution is 2.28. The van der Waals surface area contributed by atoms with Crippen molar-refractivity contribution in [2.45, 2.75) is 0 Å². The van der Waals surface area contributed by atoms with E-state index in [4.69, 9.17) is 18.9 Å². The SMILES string of the molecule is COc1ccc(NC(=O)c2ccc(OCC(=O)N3CCOCC3)c(OC)c2)cn1. The predicted molar refractivity (Wildman–Crippen MR) is 105 cm³/mol. The van der Waals surface area contributed by atoms with Crippen molar-refractivity contribution < 1.29 is 28.5 Å². The van der Waals surface area contributed by atoms with Crippen LogP contribution in [0.4, 0.5) is 5.69 Å². The summed E-state index contributed by atoms with van der Waals surface area (Å²) in [5.41, 5.74) is 0.913. The van der Waals surface area contributed by atoms with Crippen LogP contribution in [0.1, 0.15) is 10.4 Å². The van der Waals surface area contributed by atoms with Gasteiger partial charge in [0.05, 0.1) is 39.3 Å². The second-order valence-electron chi connectivity index (χ2n) is 6.19.